The second kappa shape index (κ2) is 5.95. The van der Waals surface area contributed by atoms with E-state index in [2.05, 4.69) is 19.6 Å². The van der Waals surface area contributed by atoms with Gasteiger partial charge in [0.05, 0.1) is 35.5 Å². The van der Waals surface area contributed by atoms with Crippen molar-refractivity contribution in [1.82, 2.24) is 14.8 Å². The number of halogens is 1. The van der Waals surface area contributed by atoms with E-state index in [4.69, 9.17) is 0 Å². The number of hydrogen-bond acceptors (Lipinski definition) is 6. The van der Waals surface area contributed by atoms with Gasteiger partial charge in [0.15, 0.2) is 5.75 Å². The van der Waals surface area contributed by atoms with Crippen molar-refractivity contribution in [2.75, 3.05) is 5.32 Å². The number of anilines is 1. The van der Waals surface area contributed by atoms with Gasteiger partial charge in [-0.05, 0) is 19.3 Å². The predicted molar refractivity (Wildman–Crippen MR) is 78.0 cm³/mol. The van der Waals surface area contributed by atoms with Crippen LogP contribution in [0.25, 0.3) is 0 Å². The maximum Gasteiger partial charge on any atom is 0.488 e. The second-order valence-electron chi connectivity index (χ2n) is 5.03. The van der Waals surface area contributed by atoms with Gasteiger partial charge in [-0.1, -0.05) is 3.89 Å². The summed E-state index contributed by atoms with van der Waals surface area (Å²) in [6.45, 7) is 0.780. The number of aryl methyl sites for hydroxylation is 1. The summed E-state index contributed by atoms with van der Waals surface area (Å²) in [5.74, 6) is -0.724. The summed E-state index contributed by atoms with van der Waals surface area (Å²) in [6, 6.07) is 1.16. The van der Waals surface area contributed by atoms with E-state index < -0.39 is 16.4 Å². The predicted octanol–water partition coefficient (Wildman–Crippen LogP) is 1.46. The third kappa shape index (κ3) is 3.65. The van der Waals surface area contributed by atoms with Gasteiger partial charge < -0.3 is 9.50 Å². The second-order valence-corrected chi connectivity index (χ2v) is 5.98. The molecule has 3 heterocycles. The summed E-state index contributed by atoms with van der Waals surface area (Å²) in [6.07, 6.45) is 6.60. The molecule has 1 N–H and O–H groups in total. The molecule has 23 heavy (non-hydrogen) atoms. The van der Waals surface area contributed by atoms with Gasteiger partial charge in [0, 0.05) is 12.6 Å². The molecule has 1 aliphatic rings. The smallest absolute Gasteiger partial charge is 0.357 e. The fourth-order valence-electron chi connectivity index (χ4n) is 2.46. The first-order chi connectivity index (χ1) is 10.9. The monoisotopic (exact) mass is 340 g/mol. The highest BCUT2D eigenvalue weighted by Crippen LogP contribution is 2.21. The molecule has 3 rings (SSSR count). The first-order valence-electron chi connectivity index (χ1n) is 6.87. The number of carbonyl (C=O) groups is 1. The number of carbonyl (C=O) groups excluding carboxylic acids is 1. The van der Waals surface area contributed by atoms with Gasteiger partial charge >= 0.3 is 10.5 Å². The lowest BCUT2D eigenvalue weighted by Gasteiger charge is -2.14. The van der Waals surface area contributed by atoms with E-state index in [0.717, 1.165) is 43.8 Å². The van der Waals surface area contributed by atoms with E-state index >= 15 is 0 Å². The summed E-state index contributed by atoms with van der Waals surface area (Å²) in [5.41, 5.74) is 1.50. The fourth-order valence-corrected chi connectivity index (χ4v) is 2.78. The Bertz CT molecular complexity index is 849. The molecule has 0 bridgehead atoms. The number of fused-ring (bicyclic) bond motifs is 1. The lowest BCUT2D eigenvalue weighted by atomic mass is 10.1. The third-order valence-corrected chi connectivity index (χ3v) is 3.79. The molecule has 10 heteroatoms. The lowest BCUT2D eigenvalue weighted by Crippen LogP contribution is -2.17. The zero-order valence-electron chi connectivity index (χ0n) is 11.9. The largest absolute Gasteiger partial charge is 0.488 e. The van der Waals surface area contributed by atoms with Gasteiger partial charge in [-0.2, -0.15) is 13.5 Å². The van der Waals surface area contributed by atoms with Gasteiger partial charge in [-0.15, -0.1) is 0 Å². The van der Waals surface area contributed by atoms with Crippen LogP contribution in [-0.4, -0.2) is 29.1 Å². The van der Waals surface area contributed by atoms with Gasteiger partial charge in [0.2, 0.25) is 0 Å². The molecule has 0 spiro atoms. The molecule has 0 unspecified atom stereocenters. The quantitative estimate of drug-likeness (QED) is 0.845. The highest BCUT2D eigenvalue weighted by atomic mass is 32.3. The number of nitrogens with one attached hydrogen (secondary N) is 1. The van der Waals surface area contributed by atoms with Crippen molar-refractivity contribution in [2.24, 2.45) is 0 Å². The molecule has 2 aromatic heterocycles. The molecule has 1 amide bonds. The van der Waals surface area contributed by atoms with Crippen molar-refractivity contribution in [3.8, 4) is 5.75 Å². The Kier molecular flexibility index (Phi) is 3.99. The zero-order valence-corrected chi connectivity index (χ0v) is 12.7. The van der Waals surface area contributed by atoms with Gasteiger partial charge in [-0.25, -0.2) is 0 Å². The number of nitrogens with zero attached hydrogens (tertiary/aromatic N) is 3. The first kappa shape index (κ1) is 15.4. The van der Waals surface area contributed by atoms with Crippen molar-refractivity contribution in [1.29, 1.82) is 0 Å². The lowest BCUT2D eigenvalue weighted by molar-refractivity contribution is 0.102. The standard InChI is InChI=1S/C13H13FN4O4S/c14-23(20,21)22-10-5-9(6-15-7-10)17-13(19)11-8-16-18-4-2-1-3-12(11)18/h5-8H,1-4H2,(H,17,19). The molecule has 0 atom stereocenters. The van der Waals surface area contributed by atoms with E-state index in [-0.39, 0.29) is 11.4 Å². The van der Waals surface area contributed by atoms with E-state index in [1.807, 2.05) is 0 Å². The van der Waals surface area contributed by atoms with Crippen LogP contribution in [-0.2, 0) is 23.5 Å². The molecule has 0 aliphatic carbocycles. The Hall–Kier alpha value is -2.49. The normalized spacial score (nSPS) is 14.1. The Morgan fingerprint density at radius 2 is 2.13 bits per heavy atom. The minimum Gasteiger partial charge on any atom is -0.357 e. The maximum absolute atomic E-state index is 12.5. The van der Waals surface area contributed by atoms with E-state index in [0.29, 0.717) is 5.56 Å². The van der Waals surface area contributed by atoms with Crippen LogP contribution >= 0.6 is 0 Å². The van der Waals surface area contributed by atoms with E-state index in [9.17, 15) is 17.1 Å². The summed E-state index contributed by atoms with van der Waals surface area (Å²) < 4.78 is 39.3. The summed E-state index contributed by atoms with van der Waals surface area (Å²) >= 11 is 0. The fraction of sp³-hybridized carbons (Fsp3) is 0.308. The molecule has 0 aromatic carbocycles. The van der Waals surface area contributed by atoms with E-state index in [1.165, 1.54) is 12.4 Å². The number of pyridine rings is 1. The molecular formula is C13H13FN4O4S. The van der Waals surface area contributed by atoms with Crippen LogP contribution in [0, 0.1) is 0 Å². The average Bonchev–Trinajstić information content (AvgIpc) is 2.89. The number of amides is 1. The summed E-state index contributed by atoms with van der Waals surface area (Å²) in [7, 11) is -5.14. The molecule has 1 aliphatic heterocycles. The van der Waals surface area contributed by atoms with Crippen LogP contribution in [0.15, 0.2) is 24.7 Å². The van der Waals surface area contributed by atoms with Gasteiger partial charge in [0.1, 0.15) is 0 Å². The van der Waals surface area contributed by atoms with Crippen LogP contribution in [0.4, 0.5) is 9.57 Å². The summed E-state index contributed by atoms with van der Waals surface area (Å²) in [5, 5.41) is 6.74. The Morgan fingerprint density at radius 3 is 2.91 bits per heavy atom. The molecule has 0 saturated heterocycles. The highest BCUT2D eigenvalue weighted by Gasteiger charge is 2.20. The first-order valence-corrected chi connectivity index (χ1v) is 8.18. The van der Waals surface area contributed by atoms with Gasteiger partial charge in [0.25, 0.3) is 5.91 Å². The molecule has 8 nitrogen and oxygen atoms in total. The van der Waals surface area contributed by atoms with Crippen molar-refractivity contribution < 1.29 is 21.3 Å². The van der Waals surface area contributed by atoms with Crippen molar-refractivity contribution in [3.63, 3.8) is 0 Å². The van der Waals surface area contributed by atoms with Crippen LogP contribution in [0.1, 0.15) is 28.9 Å². The molecular weight excluding hydrogens is 327 g/mol. The van der Waals surface area contributed by atoms with Gasteiger partial charge in [-0.3, -0.25) is 14.5 Å². The maximum atomic E-state index is 12.5. The molecule has 0 saturated carbocycles. The van der Waals surface area contributed by atoms with E-state index in [1.54, 1.807) is 4.68 Å². The van der Waals surface area contributed by atoms with Crippen molar-refractivity contribution >= 4 is 22.1 Å². The number of aromatic nitrogens is 3. The Balaban J connectivity index is 1.78. The minimum atomic E-state index is -5.14. The number of hydrogen-bond donors (Lipinski definition) is 1. The Morgan fingerprint density at radius 1 is 1.30 bits per heavy atom. The van der Waals surface area contributed by atoms with Crippen molar-refractivity contribution in [2.45, 2.75) is 25.8 Å². The number of rotatable bonds is 4. The SMILES string of the molecule is O=C(Nc1cncc(OS(=O)(=O)F)c1)c1cnn2c1CCCC2. The third-order valence-electron chi connectivity index (χ3n) is 3.39. The van der Waals surface area contributed by atoms with Crippen molar-refractivity contribution in [3.05, 3.63) is 35.9 Å². The molecule has 0 radical (unpaired) electrons. The minimum absolute atomic E-state index is 0.187. The molecule has 0 fully saturated rings. The Labute approximate surface area is 131 Å². The molecule has 2 aromatic rings. The highest BCUT2D eigenvalue weighted by molar-refractivity contribution is 7.81. The summed E-state index contributed by atoms with van der Waals surface area (Å²) in [4.78, 5) is 16.0. The average molecular weight is 340 g/mol. The topological polar surface area (TPSA) is 103 Å². The van der Waals surface area contributed by atoms with Crippen LogP contribution in [0.5, 0.6) is 5.75 Å². The zero-order chi connectivity index (χ0) is 16.4. The van der Waals surface area contributed by atoms with Crippen LogP contribution in [0.3, 0.4) is 0 Å². The van der Waals surface area contributed by atoms with Crippen LogP contribution < -0.4 is 9.50 Å². The van der Waals surface area contributed by atoms with Crippen LogP contribution in [0.2, 0.25) is 0 Å². The molecule has 122 valence electrons.